The molecule has 0 saturated heterocycles. The van der Waals surface area contributed by atoms with Gasteiger partial charge in [0.05, 0.1) is 11.5 Å². The summed E-state index contributed by atoms with van der Waals surface area (Å²) >= 11 is 0. The zero-order chi connectivity index (χ0) is 16.5. The number of rotatable bonds is 7. The lowest BCUT2D eigenvalue weighted by Gasteiger charge is -2.40. The molecule has 0 atom stereocenters. The van der Waals surface area contributed by atoms with Gasteiger partial charge in [0.15, 0.2) is 0 Å². The first kappa shape index (κ1) is 18.6. The minimum atomic E-state index is -0.0413. The van der Waals surface area contributed by atoms with Crippen LogP contribution in [0.15, 0.2) is 12.2 Å². The van der Waals surface area contributed by atoms with Crippen molar-refractivity contribution in [2.75, 3.05) is 0 Å². The summed E-state index contributed by atoms with van der Waals surface area (Å²) in [5, 5.41) is 9.62. The summed E-state index contributed by atoms with van der Waals surface area (Å²) in [5.41, 5.74) is -0.0413. The quantitative estimate of drug-likeness (QED) is 0.365. The van der Waals surface area contributed by atoms with Gasteiger partial charge in [0.1, 0.15) is 0 Å². The van der Waals surface area contributed by atoms with E-state index in [4.69, 9.17) is 0 Å². The molecule has 2 rings (SSSR count). The van der Waals surface area contributed by atoms with Gasteiger partial charge in [-0.15, -0.1) is 0 Å². The van der Waals surface area contributed by atoms with Gasteiger partial charge in [-0.3, -0.25) is 0 Å². The molecule has 1 heteroatoms. The highest BCUT2D eigenvalue weighted by Gasteiger charge is 2.37. The molecule has 0 aromatic rings. The van der Waals surface area contributed by atoms with Gasteiger partial charge in [-0.1, -0.05) is 57.6 Å². The average molecular weight is 316 g/mol. The van der Waals surface area contributed by atoms with Gasteiger partial charge >= 0.3 is 0 Å². The number of allylic oxidation sites excluding steroid dienone is 2. The molecule has 0 heterocycles. The van der Waals surface area contributed by atoms with Crippen LogP contribution in [0.4, 0.5) is 0 Å². The third-order valence-electron chi connectivity index (χ3n) is 6.74. The molecule has 0 spiro atoms. The Bertz CT molecular complexity index is 387. The van der Waals surface area contributed by atoms with Crippen LogP contribution in [-0.4, -0.2) is 0 Å². The van der Waals surface area contributed by atoms with Crippen molar-refractivity contribution in [1.82, 2.24) is 0 Å². The summed E-state index contributed by atoms with van der Waals surface area (Å²) in [6, 6.07) is 2.66. The molecule has 2 saturated carbocycles. The number of nitrogens with zero attached hydrogens (tertiary/aromatic N) is 1. The van der Waals surface area contributed by atoms with Gasteiger partial charge in [-0.25, -0.2) is 0 Å². The van der Waals surface area contributed by atoms with Crippen molar-refractivity contribution in [3.8, 4) is 6.07 Å². The molecular formula is C22H37N. The van der Waals surface area contributed by atoms with E-state index in [0.717, 1.165) is 37.0 Å². The lowest BCUT2D eigenvalue weighted by atomic mass is 9.64. The van der Waals surface area contributed by atoms with Crippen molar-refractivity contribution in [3.05, 3.63) is 12.2 Å². The third-order valence-corrected chi connectivity index (χ3v) is 6.74. The zero-order valence-electron chi connectivity index (χ0n) is 15.5. The minimum Gasteiger partial charge on any atom is -0.198 e. The molecule has 0 aliphatic heterocycles. The Morgan fingerprint density at radius 1 is 1.00 bits per heavy atom. The Labute approximate surface area is 144 Å². The molecule has 130 valence electrons. The Morgan fingerprint density at radius 2 is 1.65 bits per heavy atom. The van der Waals surface area contributed by atoms with E-state index >= 15 is 0 Å². The molecule has 0 N–H and O–H groups in total. The second kappa shape index (κ2) is 9.51. The van der Waals surface area contributed by atoms with Gasteiger partial charge in [-0.05, 0) is 69.6 Å². The molecule has 2 aliphatic rings. The second-order valence-electron chi connectivity index (χ2n) is 8.28. The predicted octanol–water partition coefficient (Wildman–Crippen LogP) is 7.04. The zero-order valence-corrected chi connectivity index (χ0v) is 15.5. The van der Waals surface area contributed by atoms with Crippen LogP contribution in [0.25, 0.3) is 0 Å². The van der Waals surface area contributed by atoms with E-state index < -0.39 is 0 Å². The van der Waals surface area contributed by atoms with Gasteiger partial charge < -0.3 is 0 Å². The van der Waals surface area contributed by atoms with E-state index in [-0.39, 0.29) is 5.41 Å². The molecule has 2 fully saturated rings. The largest absolute Gasteiger partial charge is 0.198 e. The molecule has 0 aromatic carbocycles. The first-order valence-electron chi connectivity index (χ1n) is 10.3. The second-order valence-corrected chi connectivity index (χ2v) is 8.28. The molecule has 0 amide bonds. The van der Waals surface area contributed by atoms with E-state index in [1.165, 1.54) is 64.2 Å². The number of unbranched alkanes of at least 4 members (excludes halogenated alkanes) is 2. The van der Waals surface area contributed by atoms with E-state index in [1.807, 2.05) is 0 Å². The molecule has 1 nitrogen and oxygen atoms in total. The number of hydrogen-bond acceptors (Lipinski definition) is 1. The van der Waals surface area contributed by atoms with E-state index in [1.54, 1.807) is 0 Å². The lowest BCUT2D eigenvalue weighted by Crippen LogP contribution is -2.30. The third kappa shape index (κ3) is 5.37. The Morgan fingerprint density at radius 3 is 2.22 bits per heavy atom. The van der Waals surface area contributed by atoms with E-state index in [9.17, 15) is 5.26 Å². The normalized spacial score (nSPS) is 35.3. The van der Waals surface area contributed by atoms with Crippen LogP contribution >= 0.6 is 0 Å². The van der Waals surface area contributed by atoms with Crippen LogP contribution in [0.2, 0.25) is 0 Å². The summed E-state index contributed by atoms with van der Waals surface area (Å²) < 4.78 is 0. The fraction of sp³-hybridized carbons (Fsp3) is 0.864. The minimum absolute atomic E-state index is 0.0413. The molecule has 0 unspecified atom stereocenters. The Kier molecular flexibility index (Phi) is 7.68. The maximum atomic E-state index is 9.62. The highest BCUT2D eigenvalue weighted by atomic mass is 14.4. The van der Waals surface area contributed by atoms with Crippen LogP contribution < -0.4 is 0 Å². The maximum Gasteiger partial charge on any atom is 0.0693 e. The topological polar surface area (TPSA) is 23.8 Å². The Balaban J connectivity index is 1.73. The van der Waals surface area contributed by atoms with Gasteiger partial charge in [-0.2, -0.15) is 5.26 Å². The monoisotopic (exact) mass is 315 g/mol. The fourth-order valence-corrected chi connectivity index (χ4v) is 5.00. The highest BCUT2D eigenvalue weighted by Crippen LogP contribution is 2.47. The standard InChI is InChI=1S/C22H37N/c1-3-5-7-8-19-9-11-20(12-10-19)21-13-16-22(18-23,17-14-21)15-6-4-2/h4,6,19-21H,3,5,7-17H2,1-2H3/b6-4+/t19?,20?,21-,22+. The van der Waals surface area contributed by atoms with Crippen molar-refractivity contribution in [2.24, 2.45) is 23.2 Å². The summed E-state index contributed by atoms with van der Waals surface area (Å²) in [4.78, 5) is 0. The molecule has 23 heavy (non-hydrogen) atoms. The van der Waals surface area contributed by atoms with Crippen LogP contribution in [0.5, 0.6) is 0 Å². The van der Waals surface area contributed by atoms with Gasteiger partial charge in [0, 0.05) is 0 Å². The first-order valence-corrected chi connectivity index (χ1v) is 10.3. The fourth-order valence-electron chi connectivity index (χ4n) is 5.00. The molecule has 0 radical (unpaired) electrons. The lowest BCUT2D eigenvalue weighted by molar-refractivity contribution is 0.121. The van der Waals surface area contributed by atoms with Crippen molar-refractivity contribution in [2.45, 2.75) is 97.3 Å². The summed E-state index contributed by atoms with van der Waals surface area (Å²) in [6.07, 6.45) is 21.7. The highest BCUT2D eigenvalue weighted by molar-refractivity contribution is 5.06. The number of hydrogen-bond donors (Lipinski definition) is 0. The smallest absolute Gasteiger partial charge is 0.0693 e. The van der Waals surface area contributed by atoms with E-state index in [2.05, 4.69) is 32.1 Å². The summed E-state index contributed by atoms with van der Waals surface area (Å²) in [5.74, 6) is 2.91. The summed E-state index contributed by atoms with van der Waals surface area (Å²) in [7, 11) is 0. The summed E-state index contributed by atoms with van der Waals surface area (Å²) in [6.45, 7) is 4.37. The van der Waals surface area contributed by atoms with Crippen molar-refractivity contribution >= 4 is 0 Å². The molecule has 0 bridgehead atoms. The maximum absolute atomic E-state index is 9.62. The molecular weight excluding hydrogens is 278 g/mol. The molecule has 2 aliphatic carbocycles. The van der Waals surface area contributed by atoms with Crippen molar-refractivity contribution in [1.29, 1.82) is 5.26 Å². The first-order chi connectivity index (χ1) is 11.2. The SMILES string of the molecule is C/C=C/C[C@]1(C#N)CC[C@@H](C2CCC(CCCCC)CC2)CC1. The molecule has 0 aromatic heterocycles. The van der Waals surface area contributed by atoms with Crippen molar-refractivity contribution < 1.29 is 0 Å². The van der Waals surface area contributed by atoms with Crippen molar-refractivity contribution in [3.63, 3.8) is 0 Å². The van der Waals surface area contributed by atoms with E-state index in [0.29, 0.717) is 0 Å². The number of nitriles is 1. The predicted molar refractivity (Wildman–Crippen MR) is 99.0 cm³/mol. The average Bonchev–Trinajstić information content (AvgIpc) is 2.61. The van der Waals surface area contributed by atoms with Gasteiger partial charge in [0.2, 0.25) is 0 Å². The van der Waals surface area contributed by atoms with Crippen LogP contribution in [0.1, 0.15) is 97.3 Å². The Hall–Kier alpha value is -0.770. The van der Waals surface area contributed by atoms with Crippen LogP contribution in [0.3, 0.4) is 0 Å². The van der Waals surface area contributed by atoms with Crippen LogP contribution in [0, 0.1) is 34.5 Å². The van der Waals surface area contributed by atoms with Gasteiger partial charge in [0.25, 0.3) is 0 Å². The van der Waals surface area contributed by atoms with Crippen LogP contribution in [-0.2, 0) is 0 Å².